The molecule has 134 valence electrons. The summed E-state index contributed by atoms with van der Waals surface area (Å²) in [5.74, 6) is -2.22. The number of ether oxygens (including phenoxy) is 1. The fourth-order valence-corrected chi connectivity index (χ4v) is 2.56. The normalized spacial score (nSPS) is 10.6. The summed E-state index contributed by atoms with van der Waals surface area (Å²) in [6.45, 7) is 3.21. The Balaban J connectivity index is 1.71. The maximum Gasteiger partial charge on any atom is 0.262 e. The molecule has 0 bridgehead atoms. The minimum atomic E-state index is -0.859. The van der Waals surface area contributed by atoms with Crippen LogP contribution in [0.25, 0.3) is 5.69 Å². The van der Waals surface area contributed by atoms with E-state index in [4.69, 9.17) is 4.74 Å². The SMILES string of the molecule is Cc1nn(-c2ccccc2)c(C)c1NC(=O)COc1ccc(F)cc1F. The van der Waals surface area contributed by atoms with Crippen molar-refractivity contribution in [3.05, 3.63) is 71.6 Å². The van der Waals surface area contributed by atoms with Crippen LogP contribution in [0.1, 0.15) is 11.4 Å². The fourth-order valence-electron chi connectivity index (χ4n) is 2.56. The lowest BCUT2D eigenvalue weighted by Gasteiger charge is -2.09. The van der Waals surface area contributed by atoms with E-state index in [0.29, 0.717) is 17.4 Å². The van der Waals surface area contributed by atoms with Gasteiger partial charge in [-0.1, -0.05) is 18.2 Å². The molecule has 0 radical (unpaired) electrons. The van der Waals surface area contributed by atoms with Gasteiger partial charge in [0.2, 0.25) is 0 Å². The molecule has 5 nitrogen and oxygen atoms in total. The highest BCUT2D eigenvalue weighted by Gasteiger charge is 2.16. The van der Waals surface area contributed by atoms with E-state index >= 15 is 0 Å². The van der Waals surface area contributed by atoms with E-state index in [0.717, 1.165) is 23.5 Å². The minimum Gasteiger partial charge on any atom is -0.481 e. The quantitative estimate of drug-likeness (QED) is 0.756. The van der Waals surface area contributed by atoms with Gasteiger partial charge in [-0.05, 0) is 38.1 Å². The number of anilines is 1. The van der Waals surface area contributed by atoms with Crippen LogP contribution in [0.3, 0.4) is 0 Å². The molecule has 0 spiro atoms. The molecule has 1 aromatic heterocycles. The van der Waals surface area contributed by atoms with E-state index in [1.54, 1.807) is 11.6 Å². The van der Waals surface area contributed by atoms with Crippen molar-refractivity contribution < 1.29 is 18.3 Å². The molecule has 0 fully saturated rings. The van der Waals surface area contributed by atoms with Crippen molar-refractivity contribution in [3.8, 4) is 11.4 Å². The molecule has 1 N–H and O–H groups in total. The van der Waals surface area contributed by atoms with E-state index in [2.05, 4.69) is 10.4 Å². The average molecular weight is 357 g/mol. The van der Waals surface area contributed by atoms with E-state index < -0.39 is 24.1 Å². The van der Waals surface area contributed by atoms with Crippen LogP contribution in [0.2, 0.25) is 0 Å². The largest absolute Gasteiger partial charge is 0.481 e. The first kappa shape index (κ1) is 17.6. The highest BCUT2D eigenvalue weighted by atomic mass is 19.1. The van der Waals surface area contributed by atoms with Gasteiger partial charge in [0.1, 0.15) is 5.82 Å². The number of aryl methyl sites for hydroxylation is 1. The maximum absolute atomic E-state index is 13.5. The molecule has 0 aliphatic carbocycles. The third-order valence-corrected chi connectivity index (χ3v) is 3.81. The van der Waals surface area contributed by atoms with Crippen molar-refractivity contribution in [1.29, 1.82) is 0 Å². The number of amides is 1. The predicted octanol–water partition coefficient (Wildman–Crippen LogP) is 3.78. The first-order valence-corrected chi connectivity index (χ1v) is 7.95. The molecule has 0 aliphatic rings. The van der Waals surface area contributed by atoms with Crippen LogP contribution in [0, 0.1) is 25.5 Å². The van der Waals surface area contributed by atoms with Crippen molar-refractivity contribution in [2.45, 2.75) is 13.8 Å². The zero-order valence-corrected chi connectivity index (χ0v) is 14.3. The average Bonchev–Trinajstić information content (AvgIpc) is 2.90. The van der Waals surface area contributed by atoms with Crippen molar-refractivity contribution >= 4 is 11.6 Å². The molecule has 0 saturated carbocycles. The lowest BCUT2D eigenvalue weighted by Crippen LogP contribution is -2.21. The second kappa shape index (κ2) is 7.35. The summed E-state index contributed by atoms with van der Waals surface area (Å²) in [5, 5.41) is 7.16. The zero-order valence-electron chi connectivity index (χ0n) is 14.3. The molecule has 3 rings (SSSR count). The minimum absolute atomic E-state index is 0.185. The number of aromatic nitrogens is 2. The summed E-state index contributed by atoms with van der Waals surface area (Å²) < 4.78 is 33.3. The van der Waals surface area contributed by atoms with E-state index in [-0.39, 0.29) is 5.75 Å². The smallest absolute Gasteiger partial charge is 0.262 e. The summed E-state index contributed by atoms with van der Waals surface area (Å²) in [4.78, 5) is 12.1. The summed E-state index contributed by atoms with van der Waals surface area (Å²) in [5.41, 5.74) is 2.85. The molecule has 26 heavy (non-hydrogen) atoms. The lowest BCUT2D eigenvalue weighted by molar-refractivity contribution is -0.118. The van der Waals surface area contributed by atoms with Crippen molar-refractivity contribution in [1.82, 2.24) is 9.78 Å². The van der Waals surface area contributed by atoms with Crippen LogP contribution in [-0.2, 0) is 4.79 Å². The number of hydrogen-bond donors (Lipinski definition) is 1. The Kier molecular flexibility index (Phi) is 4.97. The number of halogens is 2. The molecule has 3 aromatic rings. The van der Waals surface area contributed by atoms with Crippen LogP contribution >= 0.6 is 0 Å². The summed E-state index contributed by atoms with van der Waals surface area (Å²) in [6.07, 6.45) is 0. The number of nitrogens with zero attached hydrogens (tertiary/aromatic N) is 2. The molecular formula is C19H17F2N3O2. The summed E-state index contributed by atoms with van der Waals surface area (Å²) in [6, 6.07) is 12.4. The highest BCUT2D eigenvalue weighted by molar-refractivity contribution is 5.93. The van der Waals surface area contributed by atoms with Gasteiger partial charge in [-0.3, -0.25) is 4.79 Å². The Morgan fingerprint density at radius 2 is 1.88 bits per heavy atom. The third kappa shape index (κ3) is 3.72. The second-order valence-corrected chi connectivity index (χ2v) is 5.70. The standard InChI is InChI=1S/C19H17F2N3O2/c1-12-19(13(2)24(23-12)15-6-4-3-5-7-15)22-18(25)11-26-17-9-8-14(20)10-16(17)21/h3-10H,11H2,1-2H3,(H,22,25). The van der Waals surface area contributed by atoms with Crippen molar-refractivity contribution in [2.75, 3.05) is 11.9 Å². The van der Waals surface area contributed by atoms with Crippen LogP contribution in [0.5, 0.6) is 5.75 Å². The molecule has 7 heteroatoms. The first-order chi connectivity index (χ1) is 12.5. The molecule has 2 aromatic carbocycles. The van der Waals surface area contributed by atoms with E-state index in [1.807, 2.05) is 37.3 Å². The van der Waals surface area contributed by atoms with Gasteiger partial charge in [0.05, 0.1) is 22.8 Å². The number of nitrogens with one attached hydrogen (secondary N) is 1. The molecule has 0 atom stereocenters. The Bertz CT molecular complexity index is 939. The fraction of sp³-hybridized carbons (Fsp3) is 0.158. The molecule has 0 unspecified atom stereocenters. The van der Waals surface area contributed by atoms with Gasteiger partial charge in [0, 0.05) is 6.07 Å². The Morgan fingerprint density at radius 1 is 1.15 bits per heavy atom. The first-order valence-electron chi connectivity index (χ1n) is 7.95. The number of rotatable bonds is 5. The predicted molar refractivity (Wildman–Crippen MR) is 93.5 cm³/mol. The van der Waals surface area contributed by atoms with Gasteiger partial charge in [-0.2, -0.15) is 5.10 Å². The summed E-state index contributed by atoms with van der Waals surface area (Å²) in [7, 11) is 0. The van der Waals surface area contributed by atoms with Gasteiger partial charge < -0.3 is 10.1 Å². The lowest BCUT2D eigenvalue weighted by atomic mass is 10.3. The van der Waals surface area contributed by atoms with Gasteiger partial charge in [0.15, 0.2) is 18.2 Å². The Labute approximate surface area is 149 Å². The second-order valence-electron chi connectivity index (χ2n) is 5.70. The number of para-hydroxylation sites is 1. The van der Waals surface area contributed by atoms with Crippen LogP contribution in [0.15, 0.2) is 48.5 Å². The van der Waals surface area contributed by atoms with Crippen molar-refractivity contribution in [2.24, 2.45) is 0 Å². The number of benzene rings is 2. The number of carbonyl (C=O) groups is 1. The highest BCUT2D eigenvalue weighted by Crippen LogP contribution is 2.23. The molecule has 0 saturated heterocycles. The van der Waals surface area contributed by atoms with Gasteiger partial charge in [-0.25, -0.2) is 13.5 Å². The molecule has 1 amide bonds. The van der Waals surface area contributed by atoms with Crippen molar-refractivity contribution in [3.63, 3.8) is 0 Å². The number of carbonyl (C=O) groups excluding carboxylic acids is 1. The van der Waals surface area contributed by atoms with Crippen LogP contribution < -0.4 is 10.1 Å². The summed E-state index contributed by atoms with van der Waals surface area (Å²) >= 11 is 0. The zero-order chi connectivity index (χ0) is 18.7. The topological polar surface area (TPSA) is 56.2 Å². The van der Waals surface area contributed by atoms with Crippen LogP contribution in [0.4, 0.5) is 14.5 Å². The number of hydrogen-bond acceptors (Lipinski definition) is 3. The maximum atomic E-state index is 13.5. The third-order valence-electron chi connectivity index (χ3n) is 3.81. The molecule has 0 aliphatic heterocycles. The van der Waals surface area contributed by atoms with Crippen LogP contribution in [-0.4, -0.2) is 22.3 Å². The van der Waals surface area contributed by atoms with Gasteiger partial charge in [-0.15, -0.1) is 0 Å². The van der Waals surface area contributed by atoms with Gasteiger partial charge >= 0.3 is 0 Å². The Hall–Kier alpha value is -3.22. The Morgan fingerprint density at radius 3 is 2.58 bits per heavy atom. The monoisotopic (exact) mass is 357 g/mol. The van der Waals surface area contributed by atoms with Gasteiger partial charge in [0.25, 0.3) is 5.91 Å². The van der Waals surface area contributed by atoms with E-state index in [1.165, 1.54) is 0 Å². The van der Waals surface area contributed by atoms with E-state index in [9.17, 15) is 13.6 Å². The molecular weight excluding hydrogens is 340 g/mol. The molecule has 1 heterocycles.